The Morgan fingerprint density at radius 1 is 1.29 bits per heavy atom. The first-order valence-corrected chi connectivity index (χ1v) is 5.12. The van der Waals surface area contributed by atoms with Crippen molar-refractivity contribution in [1.29, 1.82) is 0 Å². The molecule has 0 spiro atoms. The first kappa shape index (κ1) is 13.3. The first-order chi connectivity index (χ1) is 7.99. The second-order valence-electron chi connectivity index (χ2n) is 3.66. The number of hydrogen-bond acceptors (Lipinski definition) is 4. The van der Waals surface area contributed by atoms with Crippen LogP contribution in [0.4, 0.5) is 0 Å². The molecule has 0 heterocycles. The molecule has 0 aliphatic heterocycles. The number of aliphatic hydroxyl groups is 1. The van der Waals surface area contributed by atoms with E-state index < -0.39 is 12.1 Å². The number of aliphatic hydroxyl groups excluding tert-OH is 1. The SMILES string of the molecule is COc1cc([C@@H](O)CC(=O)O)cc(OC)c1C. The van der Waals surface area contributed by atoms with E-state index in [4.69, 9.17) is 14.6 Å². The Balaban J connectivity index is 3.12. The predicted molar refractivity (Wildman–Crippen MR) is 61.5 cm³/mol. The molecule has 0 aliphatic rings. The van der Waals surface area contributed by atoms with Gasteiger partial charge in [-0.1, -0.05) is 0 Å². The Morgan fingerprint density at radius 3 is 2.12 bits per heavy atom. The molecule has 0 aromatic heterocycles. The number of aliphatic carboxylic acids is 1. The maximum atomic E-state index is 10.5. The summed E-state index contributed by atoms with van der Waals surface area (Å²) in [4.78, 5) is 10.5. The molecule has 0 saturated heterocycles. The molecule has 1 rings (SSSR count). The van der Waals surface area contributed by atoms with Gasteiger partial charge in [-0.3, -0.25) is 4.79 Å². The van der Waals surface area contributed by atoms with Crippen LogP contribution in [-0.4, -0.2) is 30.4 Å². The summed E-state index contributed by atoms with van der Waals surface area (Å²) in [6.07, 6.45) is -1.43. The van der Waals surface area contributed by atoms with Crippen LogP contribution in [0.15, 0.2) is 12.1 Å². The van der Waals surface area contributed by atoms with Crippen molar-refractivity contribution in [3.8, 4) is 11.5 Å². The number of carboxylic acids is 1. The Bertz CT molecular complexity index is 388. The molecule has 0 aliphatic carbocycles. The van der Waals surface area contributed by atoms with E-state index in [0.717, 1.165) is 5.56 Å². The third-order valence-electron chi connectivity index (χ3n) is 2.53. The van der Waals surface area contributed by atoms with Gasteiger partial charge in [0.15, 0.2) is 0 Å². The van der Waals surface area contributed by atoms with Crippen molar-refractivity contribution in [2.75, 3.05) is 14.2 Å². The molecule has 0 unspecified atom stereocenters. The van der Waals surface area contributed by atoms with Gasteiger partial charge in [-0.25, -0.2) is 0 Å². The lowest BCUT2D eigenvalue weighted by atomic mass is 10.0. The average Bonchev–Trinajstić information content (AvgIpc) is 2.28. The lowest BCUT2D eigenvalue weighted by molar-refractivity contribution is -0.139. The third-order valence-corrected chi connectivity index (χ3v) is 2.53. The lowest BCUT2D eigenvalue weighted by Gasteiger charge is -2.15. The summed E-state index contributed by atoms with van der Waals surface area (Å²) in [6, 6.07) is 3.23. The van der Waals surface area contributed by atoms with Gasteiger partial charge in [-0.2, -0.15) is 0 Å². The zero-order valence-electron chi connectivity index (χ0n) is 10.1. The highest BCUT2D eigenvalue weighted by molar-refractivity contribution is 5.67. The lowest BCUT2D eigenvalue weighted by Crippen LogP contribution is -2.06. The average molecular weight is 240 g/mol. The smallest absolute Gasteiger partial charge is 0.306 e. The van der Waals surface area contributed by atoms with Crippen LogP contribution in [0.5, 0.6) is 11.5 Å². The fraction of sp³-hybridized carbons (Fsp3) is 0.417. The van der Waals surface area contributed by atoms with Crippen molar-refractivity contribution in [2.24, 2.45) is 0 Å². The van der Waals surface area contributed by atoms with Gasteiger partial charge in [-0.05, 0) is 24.6 Å². The highest BCUT2D eigenvalue weighted by Gasteiger charge is 2.16. The van der Waals surface area contributed by atoms with Gasteiger partial charge >= 0.3 is 5.97 Å². The van der Waals surface area contributed by atoms with E-state index in [-0.39, 0.29) is 6.42 Å². The van der Waals surface area contributed by atoms with Gasteiger partial charge in [0.1, 0.15) is 11.5 Å². The van der Waals surface area contributed by atoms with Gasteiger partial charge in [0, 0.05) is 5.56 Å². The molecule has 1 aromatic carbocycles. The number of carbonyl (C=O) groups is 1. The Morgan fingerprint density at radius 2 is 1.76 bits per heavy atom. The number of benzene rings is 1. The van der Waals surface area contributed by atoms with Crippen molar-refractivity contribution in [2.45, 2.75) is 19.4 Å². The molecule has 17 heavy (non-hydrogen) atoms. The summed E-state index contributed by atoms with van der Waals surface area (Å²) in [7, 11) is 3.02. The van der Waals surface area contributed by atoms with Gasteiger partial charge in [0.2, 0.25) is 0 Å². The van der Waals surface area contributed by atoms with Crippen LogP contribution in [0.3, 0.4) is 0 Å². The molecule has 94 valence electrons. The molecule has 2 N–H and O–H groups in total. The second kappa shape index (κ2) is 5.54. The largest absolute Gasteiger partial charge is 0.496 e. The van der Waals surface area contributed by atoms with Crippen molar-refractivity contribution in [3.63, 3.8) is 0 Å². The zero-order valence-corrected chi connectivity index (χ0v) is 10.1. The van der Waals surface area contributed by atoms with Crippen molar-refractivity contribution < 1.29 is 24.5 Å². The monoisotopic (exact) mass is 240 g/mol. The summed E-state index contributed by atoms with van der Waals surface area (Å²) in [6.45, 7) is 1.82. The van der Waals surface area contributed by atoms with Gasteiger partial charge in [0.25, 0.3) is 0 Å². The van der Waals surface area contributed by atoms with Gasteiger partial charge in [-0.15, -0.1) is 0 Å². The Hall–Kier alpha value is -1.75. The van der Waals surface area contributed by atoms with E-state index in [1.807, 2.05) is 6.92 Å². The van der Waals surface area contributed by atoms with Crippen LogP contribution in [-0.2, 0) is 4.79 Å². The topological polar surface area (TPSA) is 76.0 Å². The Kier molecular flexibility index (Phi) is 4.34. The molecule has 0 amide bonds. The second-order valence-corrected chi connectivity index (χ2v) is 3.66. The van der Waals surface area contributed by atoms with E-state index in [9.17, 15) is 9.90 Å². The third kappa shape index (κ3) is 3.10. The normalized spacial score (nSPS) is 12.0. The van der Waals surface area contributed by atoms with Crippen LogP contribution < -0.4 is 9.47 Å². The molecular weight excluding hydrogens is 224 g/mol. The van der Waals surface area contributed by atoms with Crippen molar-refractivity contribution in [1.82, 2.24) is 0 Å². The molecule has 0 fully saturated rings. The highest BCUT2D eigenvalue weighted by Crippen LogP contribution is 2.32. The molecule has 0 saturated carbocycles. The number of rotatable bonds is 5. The van der Waals surface area contributed by atoms with E-state index >= 15 is 0 Å². The fourth-order valence-electron chi connectivity index (χ4n) is 1.58. The zero-order chi connectivity index (χ0) is 13.0. The van der Waals surface area contributed by atoms with E-state index in [0.29, 0.717) is 17.1 Å². The molecule has 1 atom stereocenters. The van der Waals surface area contributed by atoms with E-state index in [2.05, 4.69) is 0 Å². The maximum Gasteiger partial charge on any atom is 0.306 e. The first-order valence-electron chi connectivity index (χ1n) is 5.12. The van der Waals surface area contributed by atoms with E-state index in [1.54, 1.807) is 12.1 Å². The molecule has 1 aromatic rings. The minimum atomic E-state index is -1.07. The highest BCUT2D eigenvalue weighted by atomic mass is 16.5. The number of methoxy groups -OCH3 is 2. The van der Waals surface area contributed by atoms with Crippen LogP contribution in [0.2, 0.25) is 0 Å². The molecule has 5 heteroatoms. The summed E-state index contributed by atoms with van der Waals surface area (Å²) in [5.74, 6) is 0.0589. The number of hydrogen-bond donors (Lipinski definition) is 2. The summed E-state index contributed by atoms with van der Waals surface area (Å²) in [5, 5.41) is 18.4. The Labute approximate surface area is 99.6 Å². The van der Waals surface area contributed by atoms with Crippen LogP contribution in [0.25, 0.3) is 0 Å². The molecule has 0 radical (unpaired) electrons. The number of carboxylic acid groups (broad SMARTS) is 1. The van der Waals surface area contributed by atoms with E-state index in [1.165, 1.54) is 14.2 Å². The van der Waals surface area contributed by atoms with Gasteiger partial charge < -0.3 is 19.7 Å². The summed E-state index contributed by atoms with van der Waals surface area (Å²) < 4.78 is 10.3. The van der Waals surface area contributed by atoms with Crippen LogP contribution >= 0.6 is 0 Å². The summed E-state index contributed by atoms with van der Waals surface area (Å²) >= 11 is 0. The van der Waals surface area contributed by atoms with Gasteiger partial charge in [0.05, 0.1) is 26.7 Å². The standard InChI is InChI=1S/C12H16O5/c1-7-10(16-2)4-8(5-11(7)17-3)9(13)6-12(14)15/h4-5,9,13H,6H2,1-3H3,(H,14,15)/t9-/m0/s1. The molecule has 0 bridgehead atoms. The summed E-state index contributed by atoms with van der Waals surface area (Å²) in [5.41, 5.74) is 1.27. The van der Waals surface area contributed by atoms with Crippen LogP contribution in [0.1, 0.15) is 23.7 Å². The maximum absolute atomic E-state index is 10.5. The fourth-order valence-corrected chi connectivity index (χ4v) is 1.58. The molecular formula is C12H16O5. The van der Waals surface area contributed by atoms with Crippen molar-refractivity contribution in [3.05, 3.63) is 23.3 Å². The number of ether oxygens (including phenoxy) is 2. The predicted octanol–water partition coefficient (Wildman–Crippen LogP) is 1.52. The van der Waals surface area contributed by atoms with Crippen molar-refractivity contribution >= 4 is 5.97 Å². The van der Waals surface area contributed by atoms with Crippen LogP contribution in [0, 0.1) is 6.92 Å². The molecule has 5 nitrogen and oxygen atoms in total. The minimum absolute atomic E-state index is 0.352. The minimum Gasteiger partial charge on any atom is -0.496 e. The quantitative estimate of drug-likeness (QED) is 0.816.